The molecule has 1 aliphatic rings. The highest BCUT2D eigenvalue weighted by Crippen LogP contribution is 2.25. The summed E-state index contributed by atoms with van der Waals surface area (Å²) >= 11 is 0. The van der Waals surface area contributed by atoms with Gasteiger partial charge in [-0.15, -0.1) is 0 Å². The van der Waals surface area contributed by atoms with Crippen LogP contribution in [0, 0.1) is 0 Å². The predicted octanol–water partition coefficient (Wildman–Crippen LogP) is 2.74. The molecule has 22 heavy (non-hydrogen) atoms. The molecular weight excluding hydrogens is 282 g/mol. The number of aromatic nitrogens is 1. The molecule has 1 aliphatic heterocycles. The van der Waals surface area contributed by atoms with Gasteiger partial charge < -0.3 is 14.3 Å². The molecule has 6 nitrogen and oxygen atoms in total. The van der Waals surface area contributed by atoms with Crippen molar-refractivity contribution >= 4 is 5.91 Å². The molecule has 0 bridgehead atoms. The summed E-state index contributed by atoms with van der Waals surface area (Å²) in [6.07, 6.45) is 5.25. The van der Waals surface area contributed by atoms with E-state index in [1.54, 1.807) is 12.1 Å². The van der Waals surface area contributed by atoms with E-state index in [2.05, 4.69) is 22.3 Å². The number of rotatable bonds is 5. The minimum absolute atomic E-state index is 0.206. The first kappa shape index (κ1) is 14.8. The van der Waals surface area contributed by atoms with E-state index in [4.69, 9.17) is 8.94 Å². The van der Waals surface area contributed by atoms with Gasteiger partial charge in [0.1, 0.15) is 17.7 Å². The standard InChI is InChI=1S/C16H21N3O3/c1-12(19-8-3-2-4-9-19)14-5-6-15(22-14)16(20)17-11-13-7-10-21-18-13/h5-7,10,12H,2-4,8-9,11H2,1H3,(H,17,20)/t12-/m0/s1. The van der Waals surface area contributed by atoms with Gasteiger partial charge in [-0.25, -0.2) is 0 Å². The van der Waals surface area contributed by atoms with Crippen LogP contribution in [0.4, 0.5) is 0 Å². The monoisotopic (exact) mass is 303 g/mol. The van der Waals surface area contributed by atoms with Crippen LogP contribution >= 0.6 is 0 Å². The zero-order chi connectivity index (χ0) is 15.4. The highest BCUT2D eigenvalue weighted by Gasteiger charge is 2.22. The van der Waals surface area contributed by atoms with E-state index in [1.165, 1.54) is 25.5 Å². The molecule has 2 aromatic rings. The molecule has 118 valence electrons. The fourth-order valence-corrected chi connectivity index (χ4v) is 2.77. The van der Waals surface area contributed by atoms with Gasteiger partial charge >= 0.3 is 0 Å². The van der Waals surface area contributed by atoms with E-state index < -0.39 is 0 Å². The lowest BCUT2D eigenvalue weighted by Gasteiger charge is -2.31. The number of piperidine rings is 1. The molecule has 3 rings (SSSR count). The lowest BCUT2D eigenvalue weighted by atomic mass is 10.1. The third kappa shape index (κ3) is 3.39. The second kappa shape index (κ2) is 6.79. The van der Waals surface area contributed by atoms with Crippen molar-refractivity contribution in [3.05, 3.63) is 41.7 Å². The lowest BCUT2D eigenvalue weighted by molar-refractivity contribution is 0.0913. The quantitative estimate of drug-likeness (QED) is 0.919. The number of carbonyl (C=O) groups excluding carboxylic acids is 1. The SMILES string of the molecule is C[C@@H](c1ccc(C(=O)NCc2ccon2)o1)N1CCCCC1. The van der Waals surface area contributed by atoms with Gasteiger partial charge in [-0.1, -0.05) is 11.6 Å². The van der Waals surface area contributed by atoms with Crippen molar-refractivity contribution in [2.45, 2.75) is 38.8 Å². The molecular formula is C16H21N3O3. The fraction of sp³-hybridized carbons (Fsp3) is 0.500. The number of nitrogens with zero attached hydrogens (tertiary/aromatic N) is 2. The van der Waals surface area contributed by atoms with Gasteiger partial charge in [-0.05, 0) is 45.0 Å². The Balaban J connectivity index is 1.58. The van der Waals surface area contributed by atoms with Crippen molar-refractivity contribution in [1.82, 2.24) is 15.4 Å². The van der Waals surface area contributed by atoms with Gasteiger partial charge in [0.05, 0.1) is 12.6 Å². The molecule has 0 unspecified atom stereocenters. The summed E-state index contributed by atoms with van der Waals surface area (Å²) in [5.74, 6) is 0.941. The molecule has 1 N–H and O–H groups in total. The second-order valence-electron chi connectivity index (χ2n) is 5.65. The third-order valence-electron chi connectivity index (χ3n) is 4.12. The first-order chi connectivity index (χ1) is 10.7. The highest BCUT2D eigenvalue weighted by atomic mass is 16.5. The molecule has 0 saturated carbocycles. The van der Waals surface area contributed by atoms with Gasteiger partial charge in [0.2, 0.25) is 0 Å². The van der Waals surface area contributed by atoms with Gasteiger partial charge in [0.25, 0.3) is 5.91 Å². The molecule has 1 atom stereocenters. The summed E-state index contributed by atoms with van der Waals surface area (Å²) in [5.41, 5.74) is 0.682. The lowest BCUT2D eigenvalue weighted by Crippen LogP contribution is -2.32. The van der Waals surface area contributed by atoms with Crippen LogP contribution in [-0.2, 0) is 6.54 Å². The van der Waals surface area contributed by atoms with Crippen molar-refractivity contribution < 1.29 is 13.7 Å². The molecule has 1 saturated heterocycles. The number of nitrogens with one attached hydrogen (secondary N) is 1. The molecule has 1 fully saturated rings. The minimum atomic E-state index is -0.236. The van der Waals surface area contributed by atoms with E-state index in [0.29, 0.717) is 18.0 Å². The van der Waals surface area contributed by atoms with E-state index in [0.717, 1.165) is 18.8 Å². The van der Waals surface area contributed by atoms with Crippen molar-refractivity contribution in [1.29, 1.82) is 0 Å². The Labute approximate surface area is 129 Å². The smallest absolute Gasteiger partial charge is 0.287 e. The summed E-state index contributed by atoms with van der Waals surface area (Å²) in [4.78, 5) is 14.5. The maximum Gasteiger partial charge on any atom is 0.287 e. The Bertz CT molecular complexity index is 600. The zero-order valence-electron chi connectivity index (χ0n) is 12.7. The molecule has 0 aliphatic carbocycles. The van der Waals surface area contributed by atoms with Crippen LogP contribution in [0.25, 0.3) is 0 Å². The first-order valence-electron chi connectivity index (χ1n) is 7.75. The van der Waals surface area contributed by atoms with Gasteiger partial charge in [0.15, 0.2) is 5.76 Å². The maximum atomic E-state index is 12.1. The number of furan rings is 1. The number of amides is 1. The van der Waals surface area contributed by atoms with Crippen LogP contribution in [0.15, 0.2) is 33.4 Å². The molecule has 2 aromatic heterocycles. The van der Waals surface area contributed by atoms with E-state index in [9.17, 15) is 4.79 Å². The van der Waals surface area contributed by atoms with Crippen LogP contribution in [0.5, 0.6) is 0 Å². The Morgan fingerprint density at radius 2 is 2.14 bits per heavy atom. The Morgan fingerprint density at radius 3 is 2.86 bits per heavy atom. The van der Waals surface area contributed by atoms with Crippen molar-refractivity contribution in [2.75, 3.05) is 13.1 Å². The van der Waals surface area contributed by atoms with Crippen molar-refractivity contribution in [3.63, 3.8) is 0 Å². The largest absolute Gasteiger partial charge is 0.454 e. The third-order valence-corrected chi connectivity index (χ3v) is 4.12. The summed E-state index contributed by atoms with van der Waals surface area (Å²) in [6.45, 7) is 4.64. The number of likely N-dealkylation sites (tertiary alicyclic amines) is 1. The number of hydrogen-bond donors (Lipinski definition) is 1. The van der Waals surface area contributed by atoms with Gasteiger partial charge in [0, 0.05) is 6.07 Å². The molecule has 1 amide bonds. The molecule has 0 radical (unpaired) electrons. The van der Waals surface area contributed by atoms with Gasteiger partial charge in [-0.2, -0.15) is 0 Å². The summed E-state index contributed by atoms with van der Waals surface area (Å²) in [7, 11) is 0. The predicted molar refractivity (Wildman–Crippen MR) is 80.2 cm³/mol. The summed E-state index contributed by atoms with van der Waals surface area (Å²) < 4.78 is 10.5. The van der Waals surface area contributed by atoms with Crippen LogP contribution in [-0.4, -0.2) is 29.1 Å². The topological polar surface area (TPSA) is 71.5 Å². The number of hydrogen-bond acceptors (Lipinski definition) is 5. The van der Waals surface area contributed by atoms with Crippen LogP contribution in [0.3, 0.4) is 0 Å². The first-order valence-corrected chi connectivity index (χ1v) is 7.75. The van der Waals surface area contributed by atoms with Crippen molar-refractivity contribution in [3.8, 4) is 0 Å². The normalized spacial score (nSPS) is 17.3. The molecule has 0 aromatic carbocycles. The highest BCUT2D eigenvalue weighted by molar-refractivity contribution is 5.91. The number of carbonyl (C=O) groups is 1. The van der Waals surface area contributed by atoms with E-state index in [1.807, 2.05) is 6.07 Å². The average Bonchev–Trinajstić information content (AvgIpc) is 3.24. The maximum absolute atomic E-state index is 12.1. The summed E-state index contributed by atoms with van der Waals surface area (Å²) in [6, 6.07) is 5.54. The Morgan fingerprint density at radius 1 is 1.32 bits per heavy atom. The van der Waals surface area contributed by atoms with Crippen LogP contribution in [0.2, 0.25) is 0 Å². The molecule has 0 spiro atoms. The average molecular weight is 303 g/mol. The fourth-order valence-electron chi connectivity index (χ4n) is 2.77. The second-order valence-corrected chi connectivity index (χ2v) is 5.65. The van der Waals surface area contributed by atoms with E-state index >= 15 is 0 Å². The molecule has 3 heterocycles. The molecule has 6 heteroatoms. The van der Waals surface area contributed by atoms with Crippen molar-refractivity contribution in [2.24, 2.45) is 0 Å². The minimum Gasteiger partial charge on any atom is -0.454 e. The van der Waals surface area contributed by atoms with Crippen LogP contribution in [0.1, 0.15) is 54.2 Å². The van der Waals surface area contributed by atoms with Crippen LogP contribution < -0.4 is 5.32 Å². The Kier molecular flexibility index (Phi) is 4.58. The summed E-state index contributed by atoms with van der Waals surface area (Å²) in [5, 5.41) is 6.51. The Hall–Kier alpha value is -2.08. The zero-order valence-corrected chi connectivity index (χ0v) is 12.7. The van der Waals surface area contributed by atoms with Gasteiger partial charge in [-0.3, -0.25) is 9.69 Å². The van der Waals surface area contributed by atoms with E-state index in [-0.39, 0.29) is 11.9 Å².